The van der Waals surface area contributed by atoms with Crippen molar-refractivity contribution in [2.45, 2.75) is 38.5 Å². The Hall–Kier alpha value is -0.380. The van der Waals surface area contributed by atoms with Gasteiger partial charge in [-0.15, -0.1) is 0 Å². The largest absolute Gasteiger partial charge is 0.392 e. The smallest absolute Gasteiger partial charge is 0.0639 e. The van der Waals surface area contributed by atoms with Crippen molar-refractivity contribution in [1.29, 1.82) is 0 Å². The lowest BCUT2D eigenvalue weighted by molar-refractivity contribution is 0.117. The number of aliphatic hydroxyl groups excluding tert-OH is 1. The van der Waals surface area contributed by atoms with E-state index < -0.39 is 0 Å². The quantitative estimate of drug-likeness (QED) is 0.806. The highest BCUT2D eigenvalue weighted by Crippen LogP contribution is 2.28. The van der Waals surface area contributed by atoms with Gasteiger partial charge in [-0.3, -0.25) is 4.90 Å². The van der Waals surface area contributed by atoms with E-state index in [-0.39, 0.29) is 6.10 Å². The maximum atomic E-state index is 9.39. The average Bonchev–Trinajstić information content (AvgIpc) is 2.85. The maximum absolute atomic E-state index is 9.39. The maximum Gasteiger partial charge on any atom is 0.0639 e. The van der Waals surface area contributed by atoms with Crippen molar-refractivity contribution in [3.8, 4) is 0 Å². The minimum Gasteiger partial charge on any atom is -0.392 e. The van der Waals surface area contributed by atoms with Crippen LogP contribution in [-0.4, -0.2) is 28.7 Å². The van der Waals surface area contributed by atoms with E-state index in [9.17, 15) is 5.11 Å². The van der Waals surface area contributed by atoms with Gasteiger partial charge in [0.25, 0.3) is 0 Å². The summed E-state index contributed by atoms with van der Waals surface area (Å²) in [6, 6.07) is 2.90. The van der Waals surface area contributed by atoms with Crippen LogP contribution in [0, 0.1) is 0 Å². The molecule has 1 aromatic heterocycles. The van der Waals surface area contributed by atoms with Gasteiger partial charge in [-0.05, 0) is 42.2 Å². The fourth-order valence-corrected chi connectivity index (χ4v) is 2.40. The summed E-state index contributed by atoms with van der Waals surface area (Å²) in [7, 11) is 0. The molecule has 0 radical (unpaired) electrons. The topological polar surface area (TPSA) is 23.5 Å². The molecular formula is C11H17NOS. The van der Waals surface area contributed by atoms with E-state index in [0.717, 1.165) is 19.1 Å². The van der Waals surface area contributed by atoms with Crippen LogP contribution in [0.2, 0.25) is 0 Å². The second-order valence-electron chi connectivity index (χ2n) is 4.14. The predicted molar refractivity (Wildman–Crippen MR) is 59.4 cm³/mol. The van der Waals surface area contributed by atoms with Gasteiger partial charge in [-0.25, -0.2) is 0 Å². The second-order valence-corrected chi connectivity index (χ2v) is 4.92. The second kappa shape index (κ2) is 4.43. The lowest BCUT2D eigenvalue weighted by atomic mass is 10.2. The molecule has 3 heteroatoms. The van der Waals surface area contributed by atoms with E-state index in [1.807, 2.05) is 6.92 Å². The molecule has 2 nitrogen and oxygen atoms in total. The molecule has 1 atom stereocenters. The molecule has 0 unspecified atom stereocenters. The summed E-state index contributed by atoms with van der Waals surface area (Å²) >= 11 is 1.74. The molecule has 1 saturated carbocycles. The normalized spacial score (nSPS) is 18.8. The molecule has 14 heavy (non-hydrogen) atoms. The van der Waals surface area contributed by atoms with Gasteiger partial charge in [-0.2, -0.15) is 11.3 Å². The Balaban J connectivity index is 1.90. The first-order valence-electron chi connectivity index (χ1n) is 5.19. The first kappa shape index (κ1) is 10.1. The van der Waals surface area contributed by atoms with Crippen LogP contribution in [0.3, 0.4) is 0 Å². The Bertz CT molecular complexity index is 267. The zero-order chi connectivity index (χ0) is 9.97. The molecule has 1 N–H and O–H groups in total. The summed E-state index contributed by atoms with van der Waals surface area (Å²) in [4.78, 5) is 2.40. The molecule has 1 heterocycles. The standard InChI is InChI=1S/C11H17NOS/c1-9(13)6-12(11-2-3-11)7-10-4-5-14-8-10/h4-5,8-9,11,13H,2-3,6-7H2,1H3/t9-/m1/s1. The van der Waals surface area contributed by atoms with Crippen LogP contribution in [0.15, 0.2) is 16.8 Å². The summed E-state index contributed by atoms with van der Waals surface area (Å²) in [6.45, 7) is 3.67. The van der Waals surface area contributed by atoms with Gasteiger partial charge < -0.3 is 5.11 Å². The SMILES string of the molecule is C[C@@H](O)CN(Cc1ccsc1)C1CC1. The van der Waals surface area contributed by atoms with Crippen molar-refractivity contribution in [1.82, 2.24) is 4.90 Å². The molecule has 1 aliphatic carbocycles. The monoisotopic (exact) mass is 211 g/mol. The molecule has 0 aromatic carbocycles. The predicted octanol–water partition coefficient (Wildman–Crippen LogP) is 2.09. The molecule has 1 aromatic rings. The van der Waals surface area contributed by atoms with Gasteiger partial charge in [0.05, 0.1) is 6.10 Å². The minimum atomic E-state index is -0.214. The Labute approximate surface area is 89.2 Å². The molecule has 0 amide bonds. The van der Waals surface area contributed by atoms with E-state index >= 15 is 0 Å². The lowest BCUT2D eigenvalue weighted by Crippen LogP contribution is -2.32. The molecule has 0 aliphatic heterocycles. The average molecular weight is 211 g/mol. The van der Waals surface area contributed by atoms with E-state index in [0.29, 0.717) is 0 Å². The summed E-state index contributed by atoms with van der Waals surface area (Å²) in [6.07, 6.45) is 2.39. The van der Waals surface area contributed by atoms with Crippen molar-refractivity contribution in [3.05, 3.63) is 22.4 Å². The number of rotatable bonds is 5. The number of hydrogen-bond donors (Lipinski definition) is 1. The summed E-state index contributed by atoms with van der Waals surface area (Å²) in [5, 5.41) is 13.7. The fraction of sp³-hybridized carbons (Fsp3) is 0.636. The molecule has 78 valence electrons. The van der Waals surface area contributed by atoms with Crippen LogP contribution >= 0.6 is 11.3 Å². The zero-order valence-electron chi connectivity index (χ0n) is 8.52. The third kappa shape index (κ3) is 2.80. The number of thiophene rings is 1. The highest BCUT2D eigenvalue weighted by atomic mass is 32.1. The Morgan fingerprint density at radius 1 is 1.64 bits per heavy atom. The molecule has 1 aliphatic rings. The Kier molecular flexibility index (Phi) is 3.21. The first-order valence-corrected chi connectivity index (χ1v) is 6.13. The number of aliphatic hydroxyl groups is 1. The van der Waals surface area contributed by atoms with Crippen LogP contribution in [0.5, 0.6) is 0 Å². The van der Waals surface area contributed by atoms with Gasteiger partial charge in [-0.1, -0.05) is 0 Å². The third-order valence-electron chi connectivity index (χ3n) is 2.53. The molecule has 0 saturated heterocycles. The van der Waals surface area contributed by atoms with Crippen molar-refractivity contribution in [3.63, 3.8) is 0 Å². The van der Waals surface area contributed by atoms with Gasteiger partial charge in [0.2, 0.25) is 0 Å². The third-order valence-corrected chi connectivity index (χ3v) is 3.26. The van der Waals surface area contributed by atoms with E-state index in [1.54, 1.807) is 11.3 Å². The molecule has 2 rings (SSSR count). The van der Waals surface area contributed by atoms with Crippen molar-refractivity contribution < 1.29 is 5.11 Å². The number of nitrogens with zero attached hydrogens (tertiary/aromatic N) is 1. The summed E-state index contributed by atoms with van der Waals surface area (Å²) < 4.78 is 0. The molecule has 0 spiro atoms. The first-order chi connectivity index (χ1) is 6.75. The Morgan fingerprint density at radius 2 is 2.43 bits per heavy atom. The zero-order valence-corrected chi connectivity index (χ0v) is 9.33. The molecule has 1 fully saturated rings. The number of hydrogen-bond acceptors (Lipinski definition) is 3. The fourth-order valence-electron chi connectivity index (χ4n) is 1.74. The van der Waals surface area contributed by atoms with Gasteiger partial charge in [0, 0.05) is 19.1 Å². The summed E-state index contributed by atoms with van der Waals surface area (Å²) in [5.74, 6) is 0. The molecular weight excluding hydrogens is 194 g/mol. The van der Waals surface area contributed by atoms with Crippen LogP contribution < -0.4 is 0 Å². The van der Waals surface area contributed by atoms with Crippen molar-refractivity contribution in [2.75, 3.05) is 6.54 Å². The van der Waals surface area contributed by atoms with Crippen LogP contribution in [-0.2, 0) is 6.54 Å². The lowest BCUT2D eigenvalue weighted by Gasteiger charge is -2.22. The minimum absolute atomic E-state index is 0.214. The van der Waals surface area contributed by atoms with Crippen LogP contribution in [0.1, 0.15) is 25.3 Å². The van der Waals surface area contributed by atoms with Crippen LogP contribution in [0.4, 0.5) is 0 Å². The van der Waals surface area contributed by atoms with Gasteiger partial charge >= 0.3 is 0 Å². The van der Waals surface area contributed by atoms with Gasteiger partial charge in [0.15, 0.2) is 0 Å². The van der Waals surface area contributed by atoms with E-state index in [4.69, 9.17) is 0 Å². The molecule has 0 bridgehead atoms. The highest BCUT2D eigenvalue weighted by molar-refractivity contribution is 7.07. The van der Waals surface area contributed by atoms with E-state index in [2.05, 4.69) is 21.7 Å². The van der Waals surface area contributed by atoms with Gasteiger partial charge in [0.1, 0.15) is 0 Å². The highest BCUT2D eigenvalue weighted by Gasteiger charge is 2.29. The van der Waals surface area contributed by atoms with Crippen molar-refractivity contribution >= 4 is 11.3 Å². The summed E-state index contributed by atoms with van der Waals surface area (Å²) in [5.41, 5.74) is 1.38. The van der Waals surface area contributed by atoms with Crippen molar-refractivity contribution in [2.24, 2.45) is 0 Å². The van der Waals surface area contributed by atoms with E-state index in [1.165, 1.54) is 18.4 Å². The Morgan fingerprint density at radius 3 is 2.93 bits per heavy atom. The van der Waals surface area contributed by atoms with Crippen LogP contribution in [0.25, 0.3) is 0 Å².